The number of aromatic carboxylic acids is 1. The van der Waals surface area contributed by atoms with Crippen molar-refractivity contribution < 1.29 is 19.6 Å². The summed E-state index contributed by atoms with van der Waals surface area (Å²) in [5, 5.41) is 20.0. The van der Waals surface area contributed by atoms with E-state index >= 15 is 0 Å². The van der Waals surface area contributed by atoms with Gasteiger partial charge in [-0.3, -0.25) is 10.1 Å². The van der Waals surface area contributed by atoms with Gasteiger partial charge in [0.25, 0.3) is 5.69 Å². The van der Waals surface area contributed by atoms with Crippen LogP contribution in [0.4, 0.5) is 5.69 Å². The Hall–Kier alpha value is -2.70. The minimum absolute atomic E-state index is 0.0627. The number of nitrogens with zero attached hydrogens (tertiary/aromatic N) is 2. The van der Waals surface area contributed by atoms with Crippen molar-refractivity contribution in [2.45, 2.75) is 0 Å². The van der Waals surface area contributed by atoms with Gasteiger partial charge >= 0.3 is 5.97 Å². The predicted octanol–water partition coefficient (Wildman–Crippen LogP) is 1.85. The van der Waals surface area contributed by atoms with E-state index in [0.717, 1.165) is 6.20 Å². The predicted molar refractivity (Wildman–Crippen MR) is 61.9 cm³/mol. The first-order valence-corrected chi connectivity index (χ1v) is 4.88. The van der Waals surface area contributed by atoms with Crippen LogP contribution in [0.5, 0.6) is 5.75 Å². The van der Waals surface area contributed by atoms with Crippen LogP contribution in [0.25, 0.3) is 10.9 Å². The minimum atomic E-state index is -1.17. The van der Waals surface area contributed by atoms with Crippen LogP contribution >= 0.6 is 0 Å². The lowest BCUT2D eigenvalue weighted by molar-refractivity contribution is -0.385. The topological polar surface area (TPSA) is 103 Å². The molecule has 1 aromatic carbocycles. The summed E-state index contributed by atoms with van der Waals surface area (Å²) in [5.74, 6) is -1.00. The zero-order chi connectivity index (χ0) is 13.3. The van der Waals surface area contributed by atoms with Gasteiger partial charge in [0.1, 0.15) is 17.5 Å². The molecule has 7 heteroatoms. The Morgan fingerprint density at radius 3 is 2.72 bits per heavy atom. The number of carboxylic acid groups (broad SMARTS) is 1. The van der Waals surface area contributed by atoms with E-state index in [-0.39, 0.29) is 17.0 Å². The monoisotopic (exact) mass is 248 g/mol. The quantitative estimate of drug-likeness (QED) is 0.656. The number of fused-ring (bicyclic) bond motifs is 1. The summed E-state index contributed by atoms with van der Waals surface area (Å²) in [6.07, 6.45) is 1.11. The highest BCUT2D eigenvalue weighted by atomic mass is 16.6. The molecule has 0 aliphatic rings. The molecule has 0 spiro atoms. The van der Waals surface area contributed by atoms with Gasteiger partial charge in [0.15, 0.2) is 0 Å². The van der Waals surface area contributed by atoms with Crippen LogP contribution in [0.2, 0.25) is 0 Å². The molecule has 1 aromatic heterocycles. The molecule has 0 saturated heterocycles. The van der Waals surface area contributed by atoms with E-state index in [1.165, 1.54) is 25.3 Å². The number of carbonyl (C=O) groups is 1. The molecule has 92 valence electrons. The first kappa shape index (κ1) is 11.8. The molecule has 1 heterocycles. The molecule has 0 atom stereocenters. The number of ether oxygens (including phenoxy) is 1. The second-order valence-electron chi connectivity index (χ2n) is 3.50. The summed E-state index contributed by atoms with van der Waals surface area (Å²) < 4.78 is 4.94. The molecule has 2 aromatic rings. The zero-order valence-corrected chi connectivity index (χ0v) is 9.28. The third-order valence-electron chi connectivity index (χ3n) is 2.43. The molecule has 1 N–H and O–H groups in total. The Kier molecular flexibility index (Phi) is 2.80. The zero-order valence-electron chi connectivity index (χ0n) is 9.28. The second kappa shape index (κ2) is 4.28. The number of hydrogen-bond acceptors (Lipinski definition) is 5. The van der Waals surface area contributed by atoms with Crippen LogP contribution < -0.4 is 4.74 Å². The van der Waals surface area contributed by atoms with Crippen molar-refractivity contribution in [1.82, 2.24) is 4.98 Å². The molecule has 2 rings (SSSR count). The summed E-state index contributed by atoms with van der Waals surface area (Å²) >= 11 is 0. The van der Waals surface area contributed by atoms with Gasteiger partial charge in [0.05, 0.1) is 17.5 Å². The van der Waals surface area contributed by atoms with Gasteiger partial charge in [0.2, 0.25) is 0 Å². The summed E-state index contributed by atoms with van der Waals surface area (Å²) in [7, 11) is 1.35. The van der Waals surface area contributed by atoms with Crippen LogP contribution in [0, 0.1) is 10.1 Å². The van der Waals surface area contributed by atoms with Crippen molar-refractivity contribution in [1.29, 1.82) is 0 Å². The molecule has 0 saturated carbocycles. The highest BCUT2D eigenvalue weighted by molar-refractivity contribution is 5.97. The van der Waals surface area contributed by atoms with E-state index in [1.807, 2.05) is 0 Å². The van der Waals surface area contributed by atoms with Crippen molar-refractivity contribution in [2.24, 2.45) is 0 Å². The van der Waals surface area contributed by atoms with E-state index in [4.69, 9.17) is 9.84 Å². The van der Waals surface area contributed by atoms with Gasteiger partial charge in [-0.05, 0) is 6.07 Å². The van der Waals surface area contributed by atoms with E-state index in [0.29, 0.717) is 10.9 Å². The van der Waals surface area contributed by atoms with E-state index < -0.39 is 10.9 Å². The molecular formula is C11H8N2O5. The number of benzene rings is 1. The molecule has 0 aliphatic heterocycles. The number of carboxylic acids is 1. The Labute approximate surface area is 101 Å². The van der Waals surface area contributed by atoms with E-state index in [9.17, 15) is 14.9 Å². The molecule has 0 bridgehead atoms. The maximum Gasteiger partial charge on any atom is 0.339 e. The first-order chi connectivity index (χ1) is 8.52. The summed E-state index contributed by atoms with van der Waals surface area (Å²) in [6, 6.07) is 4.01. The Balaban J connectivity index is 2.72. The maximum absolute atomic E-state index is 11.0. The molecule has 0 fully saturated rings. The smallest absolute Gasteiger partial charge is 0.339 e. The Morgan fingerprint density at radius 1 is 1.44 bits per heavy atom. The number of rotatable bonds is 3. The van der Waals surface area contributed by atoms with Crippen LogP contribution in [0.15, 0.2) is 24.4 Å². The number of hydrogen-bond donors (Lipinski definition) is 1. The van der Waals surface area contributed by atoms with Gasteiger partial charge in [-0.2, -0.15) is 0 Å². The van der Waals surface area contributed by atoms with Crippen molar-refractivity contribution in [3.05, 3.63) is 40.1 Å². The van der Waals surface area contributed by atoms with Crippen LogP contribution in [-0.4, -0.2) is 28.1 Å². The van der Waals surface area contributed by atoms with Gasteiger partial charge in [0, 0.05) is 17.5 Å². The molecule has 0 radical (unpaired) electrons. The molecule has 0 unspecified atom stereocenters. The SMILES string of the molecule is COc1cc2ncc([N+](=O)[O-])cc2cc1C(=O)O. The lowest BCUT2D eigenvalue weighted by Gasteiger charge is -2.06. The fourth-order valence-corrected chi connectivity index (χ4v) is 1.58. The molecule has 7 nitrogen and oxygen atoms in total. The fourth-order valence-electron chi connectivity index (χ4n) is 1.58. The Bertz CT molecular complexity index is 653. The standard InChI is InChI=1S/C11H8N2O5/c1-18-10-4-9-6(3-8(10)11(14)15)2-7(5-12-9)13(16)17/h2-5H,1H3,(H,14,15). The number of nitro groups is 1. The average molecular weight is 248 g/mol. The molecular weight excluding hydrogens is 240 g/mol. The number of pyridine rings is 1. The third kappa shape index (κ3) is 1.93. The highest BCUT2D eigenvalue weighted by Crippen LogP contribution is 2.26. The average Bonchev–Trinajstić information content (AvgIpc) is 2.36. The normalized spacial score (nSPS) is 10.3. The van der Waals surface area contributed by atoms with Crippen LogP contribution in [0.3, 0.4) is 0 Å². The minimum Gasteiger partial charge on any atom is -0.496 e. The van der Waals surface area contributed by atoms with Crippen LogP contribution in [-0.2, 0) is 0 Å². The van der Waals surface area contributed by atoms with Gasteiger partial charge in [-0.15, -0.1) is 0 Å². The number of methoxy groups -OCH3 is 1. The van der Waals surface area contributed by atoms with Gasteiger partial charge in [-0.25, -0.2) is 9.78 Å². The lowest BCUT2D eigenvalue weighted by Crippen LogP contribution is -2.01. The molecule has 0 aliphatic carbocycles. The second-order valence-corrected chi connectivity index (χ2v) is 3.50. The van der Waals surface area contributed by atoms with Gasteiger partial charge < -0.3 is 9.84 Å². The highest BCUT2D eigenvalue weighted by Gasteiger charge is 2.15. The van der Waals surface area contributed by atoms with Crippen molar-refractivity contribution >= 4 is 22.6 Å². The lowest BCUT2D eigenvalue weighted by atomic mass is 10.1. The Morgan fingerprint density at radius 2 is 2.17 bits per heavy atom. The van der Waals surface area contributed by atoms with Crippen LogP contribution in [0.1, 0.15) is 10.4 Å². The molecule has 18 heavy (non-hydrogen) atoms. The number of aromatic nitrogens is 1. The van der Waals surface area contributed by atoms with E-state index in [2.05, 4.69) is 4.98 Å². The largest absolute Gasteiger partial charge is 0.496 e. The first-order valence-electron chi connectivity index (χ1n) is 4.88. The van der Waals surface area contributed by atoms with Crippen molar-refractivity contribution in [3.63, 3.8) is 0 Å². The summed E-state index contributed by atoms with van der Waals surface area (Å²) in [6.45, 7) is 0. The fraction of sp³-hybridized carbons (Fsp3) is 0.0909. The van der Waals surface area contributed by atoms with Crippen molar-refractivity contribution in [2.75, 3.05) is 7.11 Å². The summed E-state index contributed by atoms with van der Waals surface area (Å²) in [4.78, 5) is 24.9. The third-order valence-corrected chi connectivity index (χ3v) is 2.43. The van der Waals surface area contributed by atoms with E-state index in [1.54, 1.807) is 0 Å². The molecule has 0 amide bonds. The maximum atomic E-state index is 11.0. The summed E-state index contributed by atoms with van der Waals surface area (Å²) in [5.41, 5.74) is 0.179. The van der Waals surface area contributed by atoms with Gasteiger partial charge in [-0.1, -0.05) is 0 Å². The van der Waals surface area contributed by atoms with Crippen molar-refractivity contribution in [3.8, 4) is 5.75 Å².